The summed E-state index contributed by atoms with van der Waals surface area (Å²) in [5, 5.41) is 0. The molecule has 108 valence electrons. The third-order valence-electron chi connectivity index (χ3n) is 3.52. The van der Waals surface area contributed by atoms with Crippen LogP contribution in [0.3, 0.4) is 0 Å². The summed E-state index contributed by atoms with van der Waals surface area (Å²) in [6.45, 7) is 2.30. The number of carbonyl (C=O) groups is 2. The maximum atomic E-state index is 12.2. The molecule has 1 fully saturated rings. The summed E-state index contributed by atoms with van der Waals surface area (Å²) in [6.07, 6.45) is 3.61. The molecule has 0 aliphatic heterocycles. The minimum atomic E-state index is -1.08. The third-order valence-corrected chi connectivity index (χ3v) is 3.52. The van der Waals surface area contributed by atoms with Gasteiger partial charge < -0.3 is 9.47 Å². The lowest BCUT2D eigenvalue weighted by atomic mass is 10.0. The number of ether oxygens (including phenoxy) is 2. The van der Waals surface area contributed by atoms with Crippen LogP contribution in [0.15, 0.2) is 30.3 Å². The van der Waals surface area contributed by atoms with E-state index in [9.17, 15) is 9.59 Å². The molecule has 0 bridgehead atoms. The largest absolute Gasteiger partial charge is 0.463 e. The van der Waals surface area contributed by atoms with Crippen LogP contribution in [0.2, 0.25) is 0 Å². The zero-order valence-electron chi connectivity index (χ0n) is 11.8. The van der Waals surface area contributed by atoms with Gasteiger partial charge in [0, 0.05) is 0 Å². The molecule has 0 saturated heterocycles. The highest BCUT2D eigenvalue weighted by molar-refractivity contribution is 5.92. The molecule has 0 spiro atoms. The Morgan fingerprint density at radius 2 is 1.80 bits per heavy atom. The average Bonchev–Trinajstić information content (AvgIpc) is 2.95. The summed E-state index contributed by atoms with van der Waals surface area (Å²) in [5.41, 5.74) is -0.621. The molecule has 1 aromatic carbocycles. The van der Waals surface area contributed by atoms with Crippen molar-refractivity contribution >= 4 is 11.9 Å². The number of benzene rings is 1. The third kappa shape index (κ3) is 3.18. The Labute approximate surface area is 119 Å². The number of hydrogen-bond acceptors (Lipinski definition) is 4. The topological polar surface area (TPSA) is 52.6 Å². The first-order valence-corrected chi connectivity index (χ1v) is 7.13. The molecule has 0 unspecified atom stereocenters. The van der Waals surface area contributed by atoms with Crippen molar-refractivity contribution in [2.75, 3.05) is 6.61 Å². The van der Waals surface area contributed by atoms with Crippen molar-refractivity contribution in [3.8, 4) is 0 Å². The van der Waals surface area contributed by atoms with Gasteiger partial charge in [0.1, 0.15) is 0 Å². The SMILES string of the molecule is CCCOC(=O)C1(OC(=O)c2ccccc2)CCCC1. The average molecular weight is 276 g/mol. The van der Waals surface area contributed by atoms with E-state index in [1.165, 1.54) is 0 Å². The number of carbonyl (C=O) groups excluding carboxylic acids is 2. The quantitative estimate of drug-likeness (QED) is 0.775. The highest BCUT2D eigenvalue weighted by Crippen LogP contribution is 2.35. The Bertz CT molecular complexity index is 461. The highest BCUT2D eigenvalue weighted by atomic mass is 16.6. The van der Waals surface area contributed by atoms with Gasteiger partial charge in [-0.25, -0.2) is 9.59 Å². The second kappa shape index (κ2) is 6.55. The molecule has 4 nitrogen and oxygen atoms in total. The molecule has 0 radical (unpaired) electrons. The van der Waals surface area contributed by atoms with Crippen LogP contribution in [-0.2, 0) is 14.3 Å². The molecule has 0 N–H and O–H groups in total. The van der Waals surface area contributed by atoms with E-state index in [-0.39, 0.29) is 0 Å². The Morgan fingerprint density at radius 1 is 1.15 bits per heavy atom. The van der Waals surface area contributed by atoms with Gasteiger partial charge in [-0.05, 0) is 44.2 Å². The lowest BCUT2D eigenvalue weighted by molar-refractivity contribution is -0.165. The van der Waals surface area contributed by atoms with Crippen LogP contribution >= 0.6 is 0 Å². The summed E-state index contributed by atoms with van der Waals surface area (Å²) < 4.78 is 10.7. The highest BCUT2D eigenvalue weighted by Gasteiger charge is 2.46. The van der Waals surface area contributed by atoms with Crippen LogP contribution in [0.4, 0.5) is 0 Å². The van der Waals surface area contributed by atoms with Crippen LogP contribution in [0.5, 0.6) is 0 Å². The van der Waals surface area contributed by atoms with E-state index in [2.05, 4.69) is 0 Å². The molecule has 0 amide bonds. The Hall–Kier alpha value is -1.84. The normalized spacial score (nSPS) is 16.6. The minimum Gasteiger partial charge on any atom is -0.463 e. The van der Waals surface area contributed by atoms with Gasteiger partial charge in [-0.15, -0.1) is 0 Å². The maximum absolute atomic E-state index is 12.2. The van der Waals surface area contributed by atoms with Gasteiger partial charge in [-0.2, -0.15) is 0 Å². The summed E-state index contributed by atoms with van der Waals surface area (Å²) in [4.78, 5) is 24.3. The van der Waals surface area contributed by atoms with Gasteiger partial charge in [-0.3, -0.25) is 0 Å². The van der Waals surface area contributed by atoms with Gasteiger partial charge in [-0.1, -0.05) is 25.1 Å². The molecule has 4 heteroatoms. The molecule has 1 aromatic rings. The molecule has 0 atom stereocenters. The van der Waals surface area contributed by atoms with E-state index in [0.29, 0.717) is 25.0 Å². The Kier molecular flexibility index (Phi) is 4.77. The van der Waals surface area contributed by atoms with Crippen LogP contribution in [0.25, 0.3) is 0 Å². The zero-order valence-corrected chi connectivity index (χ0v) is 11.8. The predicted molar refractivity (Wildman–Crippen MR) is 74.3 cm³/mol. The summed E-state index contributed by atoms with van der Waals surface area (Å²) in [6, 6.07) is 8.74. The van der Waals surface area contributed by atoms with Crippen molar-refractivity contribution in [3.05, 3.63) is 35.9 Å². The van der Waals surface area contributed by atoms with Crippen molar-refractivity contribution in [1.29, 1.82) is 0 Å². The second-order valence-electron chi connectivity index (χ2n) is 5.09. The Morgan fingerprint density at radius 3 is 2.40 bits per heavy atom. The fourth-order valence-electron chi connectivity index (χ4n) is 2.43. The fraction of sp³-hybridized carbons (Fsp3) is 0.500. The first kappa shape index (κ1) is 14.6. The lowest BCUT2D eigenvalue weighted by Crippen LogP contribution is -2.42. The smallest absolute Gasteiger partial charge is 0.350 e. The van der Waals surface area contributed by atoms with Crippen molar-refractivity contribution in [2.24, 2.45) is 0 Å². The van der Waals surface area contributed by atoms with E-state index in [0.717, 1.165) is 19.3 Å². The minimum absolute atomic E-state index is 0.365. The van der Waals surface area contributed by atoms with E-state index in [1.54, 1.807) is 24.3 Å². The molecule has 1 aliphatic rings. The van der Waals surface area contributed by atoms with E-state index >= 15 is 0 Å². The van der Waals surface area contributed by atoms with Crippen LogP contribution in [0.1, 0.15) is 49.4 Å². The number of esters is 2. The van der Waals surface area contributed by atoms with Gasteiger partial charge in [0.25, 0.3) is 0 Å². The van der Waals surface area contributed by atoms with Crippen molar-refractivity contribution in [1.82, 2.24) is 0 Å². The van der Waals surface area contributed by atoms with Crippen LogP contribution < -0.4 is 0 Å². The summed E-state index contributed by atoms with van der Waals surface area (Å²) in [7, 11) is 0. The van der Waals surface area contributed by atoms with Crippen LogP contribution in [-0.4, -0.2) is 24.1 Å². The second-order valence-corrected chi connectivity index (χ2v) is 5.09. The molecule has 0 aromatic heterocycles. The van der Waals surface area contributed by atoms with E-state index in [4.69, 9.17) is 9.47 Å². The zero-order chi connectivity index (χ0) is 14.4. The molecule has 0 heterocycles. The summed E-state index contributed by atoms with van der Waals surface area (Å²) >= 11 is 0. The van der Waals surface area contributed by atoms with Crippen LogP contribution in [0, 0.1) is 0 Å². The summed E-state index contributed by atoms with van der Waals surface area (Å²) in [5.74, 6) is -0.859. The molecule has 2 rings (SSSR count). The molecule has 1 saturated carbocycles. The number of rotatable bonds is 5. The fourth-order valence-corrected chi connectivity index (χ4v) is 2.43. The maximum Gasteiger partial charge on any atom is 0.350 e. The van der Waals surface area contributed by atoms with Gasteiger partial charge in [0.05, 0.1) is 12.2 Å². The van der Waals surface area contributed by atoms with Gasteiger partial charge in [0.15, 0.2) is 0 Å². The Balaban J connectivity index is 2.09. The van der Waals surface area contributed by atoms with Gasteiger partial charge >= 0.3 is 11.9 Å². The van der Waals surface area contributed by atoms with E-state index in [1.807, 2.05) is 13.0 Å². The van der Waals surface area contributed by atoms with Crippen molar-refractivity contribution in [2.45, 2.75) is 44.6 Å². The lowest BCUT2D eigenvalue weighted by Gasteiger charge is -2.26. The first-order valence-electron chi connectivity index (χ1n) is 7.13. The van der Waals surface area contributed by atoms with Crippen molar-refractivity contribution < 1.29 is 19.1 Å². The standard InChI is InChI=1S/C16H20O4/c1-2-12-19-15(18)16(10-6-7-11-16)20-14(17)13-8-4-3-5-9-13/h3-5,8-9H,2,6-7,10-12H2,1H3. The van der Waals surface area contributed by atoms with E-state index < -0.39 is 17.5 Å². The van der Waals surface area contributed by atoms with Gasteiger partial charge in [0.2, 0.25) is 5.60 Å². The van der Waals surface area contributed by atoms with Crippen molar-refractivity contribution in [3.63, 3.8) is 0 Å². The first-order chi connectivity index (χ1) is 9.68. The molecular weight excluding hydrogens is 256 g/mol. The molecule has 1 aliphatic carbocycles. The number of hydrogen-bond donors (Lipinski definition) is 0. The molecule has 20 heavy (non-hydrogen) atoms. The molecular formula is C16H20O4. The predicted octanol–water partition coefficient (Wildman–Crippen LogP) is 3.11. The monoisotopic (exact) mass is 276 g/mol.